The van der Waals surface area contributed by atoms with Crippen LogP contribution in [0.4, 0.5) is 13.2 Å². The number of aromatic nitrogens is 1. The standard InChI is InChI=1S/C14H12F3NO2/c15-14(16,17)11-3-1-2-10(8-11)13(20)9-18-6-4-12(19)5-7-18/h1-8,13,20H,9H2. The number of rotatable bonds is 3. The van der Waals surface area contributed by atoms with Crippen molar-refractivity contribution in [1.82, 2.24) is 4.57 Å². The fourth-order valence-electron chi connectivity index (χ4n) is 1.79. The highest BCUT2D eigenvalue weighted by molar-refractivity contribution is 5.27. The SMILES string of the molecule is O=c1ccn(CC(O)c2cccc(C(F)(F)F)c2)cc1. The zero-order valence-electron chi connectivity index (χ0n) is 10.3. The summed E-state index contributed by atoms with van der Waals surface area (Å²) >= 11 is 0. The Balaban J connectivity index is 2.19. The predicted molar refractivity (Wildman–Crippen MR) is 67.1 cm³/mol. The number of hydrogen-bond donors (Lipinski definition) is 1. The first-order chi connectivity index (χ1) is 9.36. The van der Waals surface area contributed by atoms with Gasteiger partial charge >= 0.3 is 6.18 Å². The fourth-order valence-corrected chi connectivity index (χ4v) is 1.79. The van der Waals surface area contributed by atoms with E-state index < -0.39 is 17.8 Å². The van der Waals surface area contributed by atoms with Crippen molar-refractivity contribution in [2.45, 2.75) is 18.8 Å². The molecule has 3 nitrogen and oxygen atoms in total. The minimum absolute atomic E-state index is 0.0710. The Hall–Kier alpha value is -2.08. The van der Waals surface area contributed by atoms with Gasteiger partial charge in [0.2, 0.25) is 0 Å². The zero-order chi connectivity index (χ0) is 14.8. The molecule has 106 valence electrons. The molecule has 1 heterocycles. The molecule has 0 aliphatic heterocycles. The average molecular weight is 283 g/mol. The van der Waals surface area contributed by atoms with Gasteiger partial charge in [0.05, 0.1) is 18.2 Å². The lowest BCUT2D eigenvalue weighted by atomic mass is 10.1. The number of pyridine rings is 1. The van der Waals surface area contributed by atoms with Crippen molar-refractivity contribution in [3.05, 3.63) is 70.1 Å². The highest BCUT2D eigenvalue weighted by Gasteiger charge is 2.30. The Morgan fingerprint density at radius 2 is 1.80 bits per heavy atom. The minimum atomic E-state index is -4.44. The van der Waals surface area contributed by atoms with Crippen LogP contribution in [-0.2, 0) is 12.7 Å². The molecular formula is C14H12F3NO2. The van der Waals surface area contributed by atoms with E-state index in [0.29, 0.717) is 0 Å². The first kappa shape index (κ1) is 14.3. The molecule has 0 saturated carbocycles. The Kier molecular flexibility index (Phi) is 3.94. The maximum atomic E-state index is 12.6. The maximum absolute atomic E-state index is 12.6. The summed E-state index contributed by atoms with van der Waals surface area (Å²) in [5.74, 6) is 0. The van der Waals surface area contributed by atoms with E-state index in [0.717, 1.165) is 12.1 Å². The quantitative estimate of drug-likeness (QED) is 0.940. The second-order valence-corrected chi connectivity index (χ2v) is 4.37. The van der Waals surface area contributed by atoms with Crippen LogP contribution in [0.2, 0.25) is 0 Å². The topological polar surface area (TPSA) is 42.2 Å². The molecule has 0 aliphatic rings. The molecule has 0 amide bonds. The second-order valence-electron chi connectivity index (χ2n) is 4.37. The Morgan fingerprint density at radius 1 is 1.15 bits per heavy atom. The van der Waals surface area contributed by atoms with E-state index in [1.54, 1.807) is 0 Å². The van der Waals surface area contributed by atoms with Crippen molar-refractivity contribution in [3.63, 3.8) is 0 Å². The minimum Gasteiger partial charge on any atom is -0.387 e. The summed E-state index contributed by atoms with van der Waals surface area (Å²) in [7, 11) is 0. The number of alkyl halides is 3. The third-order valence-corrected chi connectivity index (χ3v) is 2.84. The van der Waals surface area contributed by atoms with Gasteiger partial charge in [-0.2, -0.15) is 13.2 Å². The highest BCUT2D eigenvalue weighted by atomic mass is 19.4. The van der Waals surface area contributed by atoms with Crippen molar-refractivity contribution >= 4 is 0 Å². The Morgan fingerprint density at radius 3 is 2.40 bits per heavy atom. The summed E-state index contributed by atoms with van der Waals surface area (Å²) in [5, 5.41) is 9.97. The molecule has 0 radical (unpaired) electrons. The predicted octanol–water partition coefficient (Wildman–Crippen LogP) is 2.60. The van der Waals surface area contributed by atoms with Crippen molar-refractivity contribution in [2.75, 3.05) is 0 Å². The van der Waals surface area contributed by atoms with Crippen molar-refractivity contribution < 1.29 is 18.3 Å². The Bertz CT molecular complexity index is 629. The van der Waals surface area contributed by atoms with Crippen molar-refractivity contribution in [3.8, 4) is 0 Å². The van der Waals surface area contributed by atoms with Gasteiger partial charge in [0, 0.05) is 24.5 Å². The lowest BCUT2D eigenvalue weighted by Crippen LogP contribution is -2.12. The van der Waals surface area contributed by atoms with Gasteiger partial charge in [-0.05, 0) is 17.7 Å². The molecule has 0 saturated heterocycles. The van der Waals surface area contributed by atoms with E-state index >= 15 is 0 Å². The molecule has 0 spiro atoms. The number of halogens is 3. The number of aliphatic hydroxyl groups is 1. The summed E-state index contributed by atoms with van der Waals surface area (Å²) in [5.41, 5.74) is -0.790. The lowest BCUT2D eigenvalue weighted by Gasteiger charge is -2.15. The summed E-state index contributed by atoms with van der Waals surface area (Å²) in [6.45, 7) is 0.0710. The van der Waals surface area contributed by atoms with Crippen LogP contribution in [-0.4, -0.2) is 9.67 Å². The van der Waals surface area contributed by atoms with Crippen LogP contribution in [0, 0.1) is 0 Å². The number of hydrogen-bond acceptors (Lipinski definition) is 2. The molecule has 6 heteroatoms. The van der Waals surface area contributed by atoms with Gasteiger partial charge in [0.15, 0.2) is 5.43 Å². The molecule has 0 aliphatic carbocycles. The molecule has 1 atom stereocenters. The van der Waals surface area contributed by atoms with Crippen LogP contribution < -0.4 is 5.43 Å². The van der Waals surface area contributed by atoms with E-state index in [4.69, 9.17) is 0 Å². The smallest absolute Gasteiger partial charge is 0.387 e. The van der Waals surface area contributed by atoms with Gasteiger partial charge in [-0.3, -0.25) is 4.79 Å². The molecule has 0 fully saturated rings. The third kappa shape index (κ3) is 3.48. The van der Waals surface area contributed by atoms with E-state index in [9.17, 15) is 23.1 Å². The number of benzene rings is 1. The second kappa shape index (κ2) is 5.50. The molecule has 1 aromatic heterocycles. The zero-order valence-corrected chi connectivity index (χ0v) is 10.3. The maximum Gasteiger partial charge on any atom is 0.416 e. The molecule has 2 aromatic rings. The summed E-state index contributed by atoms with van der Waals surface area (Å²) < 4.78 is 39.3. The van der Waals surface area contributed by atoms with Crippen LogP contribution in [0.5, 0.6) is 0 Å². The van der Waals surface area contributed by atoms with Crippen LogP contribution in [0.1, 0.15) is 17.2 Å². The van der Waals surface area contributed by atoms with Gasteiger partial charge in [-0.25, -0.2) is 0 Å². The molecule has 1 unspecified atom stereocenters. The lowest BCUT2D eigenvalue weighted by molar-refractivity contribution is -0.137. The third-order valence-electron chi connectivity index (χ3n) is 2.84. The molecule has 20 heavy (non-hydrogen) atoms. The molecule has 1 aromatic carbocycles. The largest absolute Gasteiger partial charge is 0.416 e. The summed E-state index contributed by atoms with van der Waals surface area (Å²) in [6, 6.07) is 7.20. The molecular weight excluding hydrogens is 271 g/mol. The van der Waals surface area contributed by atoms with Crippen molar-refractivity contribution in [1.29, 1.82) is 0 Å². The van der Waals surface area contributed by atoms with Gasteiger partial charge < -0.3 is 9.67 Å². The summed E-state index contributed by atoms with van der Waals surface area (Å²) in [4.78, 5) is 10.9. The van der Waals surface area contributed by atoms with Gasteiger partial charge in [0.1, 0.15) is 0 Å². The average Bonchev–Trinajstić information content (AvgIpc) is 2.40. The van der Waals surface area contributed by atoms with Crippen LogP contribution in [0.3, 0.4) is 0 Å². The van der Waals surface area contributed by atoms with Crippen LogP contribution in [0.15, 0.2) is 53.6 Å². The first-order valence-corrected chi connectivity index (χ1v) is 5.87. The molecule has 2 rings (SSSR count). The fraction of sp³-hybridized carbons (Fsp3) is 0.214. The Labute approximate surface area is 112 Å². The van der Waals surface area contributed by atoms with Gasteiger partial charge in [0.25, 0.3) is 0 Å². The molecule has 1 N–H and O–H groups in total. The summed E-state index contributed by atoms with van der Waals surface area (Å²) in [6.07, 6.45) is -2.58. The van der Waals surface area contributed by atoms with Crippen molar-refractivity contribution in [2.24, 2.45) is 0 Å². The van der Waals surface area contributed by atoms with E-state index in [1.807, 2.05) is 0 Å². The monoisotopic (exact) mass is 283 g/mol. The van der Waals surface area contributed by atoms with Crippen LogP contribution in [0.25, 0.3) is 0 Å². The first-order valence-electron chi connectivity index (χ1n) is 5.87. The van der Waals surface area contributed by atoms with E-state index in [2.05, 4.69) is 0 Å². The normalized spacial score (nSPS) is 13.2. The van der Waals surface area contributed by atoms with E-state index in [1.165, 1.54) is 41.2 Å². The van der Waals surface area contributed by atoms with E-state index in [-0.39, 0.29) is 17.5 Å². The van der Waals surface area contributed by atoms with Gasteiger partial charge in [-0.15, -0.1) is 0 Å². The van der Waals surface area contributed by atoms with Crippen LogP contribution >= 0.6 is 0 Å². The highest BCUT2D eigenvalue weighted by Crippen LogP contribution is 2.30. The number of nitrogens with zero attached hydrogens (tertiary/aromatic N) is 1. The molecule has 0 bridgehead atoms. The van der Waals surface area contributed by atoms with Gasteiger partial charge in [-0.1, -0.05) is 12.1 Å². The number of aliphatic hydroxyl groups excluding tert-OH is 1.